The Morgan fingerprint density at radius 2 is 1.39 bits per heavy atom. The van der Waals surface area contributed by atoms with Gasteiger partial charge in [-0.2, -0.15) is 0 Å². The second kappa shape index (κ2) is 2.76. The van der Waals surface area contributed by atoms with Crippen molar-refractivity contribution in [2.45, 2.75) is 32.6 Å². The molecule has 11 atom stereocenters. The van der Waals surface area contributed by atoms with Gasteiger partial charge < -0.3 is 0 Å². The zero-order valence-electron chi connectivity index (χ0n) is 11.3. The van der Waals surface area contributed by atoms with Gasteiger partial charge in [0.05, 0.1) is 0 Å². The van der Waals surface area contributed by atoms with Crippen LogP contribution in [0, 0.1) is 65.1 Å². The highest BCUT2D eigenvalue weighted by atomic mass is 14.7. The summed E-state index contributed by atoms with van der Waals surface area (Å²) in [7, 11) is 0. The SMILES string of the molecule is C[C@@H]1C[C@@H]2C[C@H]1C1C2[C@@H]2C[C@H]1C1C2[C@@H]2C=C[C@H]1C2. The monoisotopic (exact) mass is 240 g/mol. The van der Waals surface area contributed by atoms with Crippen LogP contribution in [-0.4, -0.2) is 0 Å². The first kappa shape index (κ1) is 9.61. The van der Waals surface area contributed by atoms with E-state index >= 15 is 0 Å². The molecule has 0 N–H and O–H groups in total. The third kappa shape index (κ3) is 0.816. The lowest BCUT2D eigenvalue weighted by atomic mass is 9.59. The highest BCUT2D eigenvalue weighted by molar-refractivity contribution is 5.24. The summed E-state index contributed by atoms with van der Waals surface area (Å²) in [5.74, 6) is 12.5. The zero-order valence-corrected chi connectivity index (χ0v) is 11.3. The number of hydrogen-bond donors (Lipinski definition) is 0. The maximum Gasteiger partial charge on any atom is -0.0194 e. The van der Waals surface area contributed by atoms with Crippen LogP contribution in [0.25, 0.3) is 0 Å². The molecule has 0 spiro atoms. The lowest BCUT2D eigenvalue weighted by molar-refractivity contribution is 0.0330. The number of allylic oxidation sites excluding steroid dienone is 2. The molecule has 0 heterocycles. The summed E-state index contributed by atoms with van der Waals surface area (Å²) in [6.07, 6.45) is 11.6. The van der Waals surface area contributed by atoms with E-state index in [1.807, 2.05) is 0 Å². The molecule has 0 nitrogen and oxygen atoms in total. The molecule has 4 unspecified atom stereocenters. The second-order valence-corrected chi connectivity index (χ2v) is 8.69. The summed E-state index contributed by atoms with van der Waals surface area (Å²) in [6.45, 7) is 2.56. The Labute approximate surface area is 110 Å². The van der Waals surface area contributed by atoms with E-state index < -0.39 is 0 Å². The molecule has 0 heteroatoms. The van der Waals surface area contributed by atoms with Gasteiger partial charge in [0.25, 0.3) is 0 Å². The number of fused-ring (bicyclic) bond motifs is 16. The Bertz CT molecular complexity index is 449. The van der Waals surface area contributed by atoms with Gasteiger partial charge in [-0.25, -0.2) is 0 Å². The maximum atomic E-state index is 2.61. The van der Waals surface area contributed by atoms with Crippen LogP contribution in [0.2, 0.25) is 0 Å². The van der Waals surface area contributed by atoms with Crippen molar-refractivity contribution < 1.29 is 0 Å². The first-order valence-corrected chi connectivity index (χ1v) is 8.51. The average molecular weight is 240 g/mol. The first-order valence-electron chi connectivity index (χ1n) is 8.51. The Morgan fingerprint density at radius 1 is 0.667 bits per heavy atom. The van der Waals surface area contributed by atoms with E-state index in [9.17, 15) is 0 Å². The Kier molecular flexibility index (Phi) is 1.48. The molecule has 0 aromatic carbocycles. The normalized spacial score (nSPS) is 73.3. The van der Waals surface area contributed by atoms with Crippen LogP contribution in [0.3, 0.4) is 0 Å². The van der Waals surface area contributed by atoms with Gasteiger partial charge in [-0.3, -0.25) is 0 Å². The Hall–Kier alpha value is -0.260. The van der Waals surface area contributed by atoms with Crippen molar-refractivity contribution in [2.24, 2.45) is 65.1 Å². The Balaban J connectivity index is 1.46. The minimum atomic E-state index is 1.02. The van der Waals surface area contributed by atoms with Crippen LogP contribution >= 0.6 is 0 Å². The van der Waals surface area contributed by atoms with Gasteiger partial charge in [0.2, 0.25) is 0 Å². The van der Waals surface area contributed by atoms with Crippen molar-refractivity contribution in [3.05, 3.63) is 12.2 Å². The van der Waals surface area contributed by atoms with E-state index in [-0.39, 0.29) is 0 Å². The summed E-state index contributed by atoms with van der Waals surface area (Å²) in [5.41, 5.74) is 0. The van der Waals surface area contributed by atoms with E-state index in [0.29, 0.717) is 0 Å². The van der Waals surface area contributed by atoms with E-state index in [1.165, 1.54) is 23.7 Å². The molecule has 0 amide bonds. The molecular weight excluding hydrogens is 216 g/mol. The van der Waals surface area contributed by atoms with Crippen molar-refractivity contribution >= 4 is 0 Å². The summed E-state index contributed by atoms with van der Waals surface area (Å²) < 4.78 is 0. The zero-order chi connectivity index (χ0) is 11.6. The standard InChI is InChI=1S/C18H24/c1-8-4-11-6-12(8)18-14-7-13(17(11)18)15-9-2-3-10(5-9)16(14)15/h2-3,8-18H,4-7H2,1H3/t8-,9-,10+,11-,12-,13-,14+,15?,16?,17?,18?/m1/s1. The van der Waals surface area contributed by atoms with Crippen LogP contribution in [0.4, 0.5) is 0 Å². The van der Waals surface area contributed by atoms with Gasteiger partial charge in [0.15, 0.2) is 0 Å². The van der Waals surface area contributed by atoms with Crippen LogP contribution < -0.4 is 0 Å². The van der Waals surface area contributed by atoms with Gasteiger partial charge >= 0.3 is 0 Å². The van der Waals surface area contributed by atoms with E-state index in [4.69, 9.17) is 0 Å². The van der Waals surface area contributed by atoms with Crippen molar-refractivity contribution in [3.8, 4) is 0 Å². The average Bonchev–Trinajstić information content (AvgIpc) is 3.14. The highest BCUT2D eigenvalue weighted by Crippen LogP contribution is 2.76. The fraction of sp³-hybridized carbons (Fsp3) is 0.889. The molecule has 0 aromatic heterocycles. The molecule has 96 valence electrons. The van der Waals surface area contributed by atoms with Gasteiger partial charge in [-0.15, -0.1) is 0 Å². The third-order valence-electron chi connectivity index (χ3n) is 8.57. The largest absolute Gasteiger partial charge is 0.0848 e. The van der Waals surface area contributed by atoms with Gasteiger partial charge in [-0.05, 0) is 90.8 Å². The van der Waals surface area contributed by atoms with E-state index in [1.54, 1.807) is 25.7 Å². The maximum absolute atomic E-state index is 2.61. The second-order valence-electron chi connectivity index (χ2n) is 8.69. The molecule has 18 heavy (non-hydrogen) atoms. The molecule has 0 aliphatic heterocycles. The van der Waals surface area contributed by atoms with Crippen molar-refractivity contribution in [1.82, 2.24) is 0 Å². The minimum absolute atomic E-state index is 1.02. The molecule has 0 aromatic rings. The number of rotatable bonds is 0. The topological polar surface area (TPSA) is 0 Å². The van der Waals surface area contributed by atoms with Crippen molar-refractivity contribution in [2.75, 3.05) is 0 Å². The molecular formula is C18H24. The predicted octanol–water partition coefficient (Wildman–Crippen LogP) is 3.98. The third-order valence-corrected chi connectivity index (χ3v) is 8.57. The van der Waals surface area contributed by atoms with Crippen LogP contribution in [0.1, 0.15) is 32.6 Å². The lowest BCUT2D eigenvalue weighted by Gasteiger charge is -2.45. The van der Waals surface area contributed by atoms with Crippen LogP contribution in [-0.2, 0) is 0 Å². The Morgan fingerprint density at radius 3 is 2.17 bits per heavy atom. The molecule has 0 radical (unpaired) electrons. The van der Waals surface area contributed by atoms with Crippen molar-refractivity contribution in [3.63, 3.8) is 0 Å². The molecule has 6 aliphatic rings. The fourth-order valence-electron chi connectivity index (χ4n) is 8.58. The summed E-state index contributed by atoms with van der Waals surface area (Å²) in [4.78, 5) is 0. The first-order chi connectivity index (χ1) is 8.83. The van der Waals surface area contributed by atoms with E-state index in [2.05, 4.69) is 19.1 Å². The van der Waals surface area contributed by atoms with E-state index in [0.717, 1.165) is 41.4 Å². The molecule has 6 aliphatic carbocycles. The molecule has 6 bridgehead atoms. The van der Waals surface area contributed by atoms with Gasteiger partial charge in [-0.1, -0.05) is 19.1 Å². The molecule has 0 saturated heterocycles. The summed E-state index contributed by atoms with van der Waals surface area (Å²) in [5, 5.41) is 0. The van der Waals surface area contributed by atoms with Gasteiger partial charge in [0, 0.05) is 0 Å². The van der Waals surface area contributed by atoms with Crippen LogP contribution in [0.15, 0.2) is 12.2 Å². The molecule has 6 rings (SSSR count). The lowest BCUT2D eigenvalue weighted by Crippen LogP contribution is -2.41. The smallest absolute Gasteiger partial charge is 0.0194 e. The quantitative estimate of drug-likeness (QED) is 0.444. The highest BCUT2D eigenvalue weighted by Gasteiger charge is 2.70. The summed E-state index contributed by atoms with van der Waals surface area (Å²) >= 11 is 0. The fourth-order valence-corrected chi connectivity index (χ4v) is 8.58. The van der Waals surface area contributed by atoms with Crippen LogP contribution in [0.5, 0.6) is 0 Å². The summed E-state index contributed by atoms with van der Waals surface area (Å²) in [6, 6.07) is 0. The van der Waals surface area contributed by atoms with Gasteiger partial charge in [0.1, 0.15) is 0 Å². The molecule has 5 saturated carbocycles. The van der Waals surface area contributed by atoms with Crippen molar-refractivity contribution in [1.29, 1.82) is 0 Å². The predicted molar refractivity (Wildman–Crippen MR) is 71.7 cm³/mol. The molecule has 5 fully saturated rings. The minimum Gasteiger partial charge on any atom is -0.0848 e. The number of hydrogen-bond acceptors (Lipinski definition) is 0.